The van der Waals surface area contributed by atoms with E-state index >= 15 is 0 Å². The van der Waals surface area contributed by atoms with Gasteiger partial charge in [0.15, 0.2) is 0 Å². The third-order valence-electron chi connectivity index (χ3n) is 3.49. The maximum atomic E-state index is 13.4. The van der Waals surface area contributed by atoms with Crippen molar-refractivity contribution < 1.29 is 14.2 Å². The maximum absolute atomic E-state index is 13.4. The number of aliphatic hydroxyl groups excluding tert-OH is 1. The van der Waals surface area contributed by atoms with Crippen LogP contribution >= 0.6 is 0 Å². The van der Waals surface area contributed by atoms with Gasteiger partial charge in [-0.1, -0.05) is 0 Å². The first kappa shape index (κ1) is 14.1. The molecule has 1 aliphatic heterocycles. The standard InChI is InChI=1S/C14H21FN2O2/c1-19-14-4-3-12(15)11-13(14)17-8-6-16(7-9-17)5-2-10-18/h3-4,11,18H,2,5-10H2,1H3. The van der Waals surface area contributed by atoms with E-state index < -0.39 is 0 Å². The Bertz CT molecular complexity index is 406. The van der Waals surface area contributed by atoms with E-state index in [-0.39, 0.29) is 12.4 Å². The Morgan fingerprint density at radius 3 is 2.63 bits per heavy atom. The Morgan fingerprint density at radius 2 is 2.00 bits per heavy atom. The molecule has 0 bridgehead atoms. The van der Waals surface area contributed by atoms with Crippen molar-refractivity contribution in [3.05, 3.63) is 24.0 Å². The Balaban J connectivity index is 1.99. The zero-order valence-electron chi connectivity index (χ0n) is 11.3. The van der Waals surface area contributed by atoms with Crippen molar-refractivity contribution in [3.63, 3.8) is 0 Å². The molecule has 0 unspecified atom stereocenters. The highest BCUT2D eigenvalue weighted by Gasteiger charge is 2.19. The van der Waals surface area contributed by atoms with E-state index in [2.05, 4.69) is 9.80 Å². The minimum absolute atomic E-state index is 0.234. The number of halogens is 1. The van der Waals surface area contributed by atoms with E-state index in [0.29, 0.717) is 5.75 Å². The largest absolute Gasteiger partial charge is 0.495 e. The second kappa shape index (κ2) is 6.73. The minimum Gasteiger partial charge on any atom is -0.495 e. The Hall–Kier alpha value is -1.33. The summed E-state index contributed by atoms with van der Waals surface area (Å²) in [5.74, 6) is 0.476. The fourth-order valence-corrected chi connectivity index (χ4v) is 2.42. The number of aliphatic hydroxyl groups is 1. The van der Waals surface area contributed by atoms with Crippen LogP contribution in [0.5, 0.6) is 5.75 Å². The number of rotatable bonds is 5. The average molecular weight is 268 g/mol. The molecule has 106 valence electrons. The van der Waals surface area contributed by atoms with Gasteiger partial charge in [0.1, 0.15) is 11.6 Å². The SMILES string of the molecule is COc1ccc(F)cc1N1CCN(CCCO)CC1. The molecule has 5 heteroatoms. The van der Waals surface area contributed by atoms with Crippen molar-refractivity contribution in [3.8, 4) is 5.75 Å². The molecule has 1 fully saturated rings. The number of nitrogens with zero attached hydrogens (tertiary/aromatic N) is 2. The number of anilines is 1. The summed E-state index contributed by atoms with van der Waals surface area (Å²) in [7, 11) is 1.61. The summed E-state index contributed by atoms with van der Waals surface area (Å²) in [5.41, 5.74) is 0.823. The fraction of sp³-hybridized carbons (Fsp3) is 0.571. The van der Waals surface area contributed by atoms with Gasteiger partial charge in [-0.15, -0.1) is 0 Å². The normalized spacial score (nSPS) is 16.7. The van der Waals surface area contributed by atoms with Gasteiger partial charge < -0.3 is 14.7 Å². The second-order valence-corrected chi connectivity index (χ2v) is 4.72. The monoisotopic (exact) mass is 268 g/mol. The molecule has 1 aromatic rings. The zero-order valence-corrected chi connectivity index (χ0v) is 11.3. The van der Waals surface area contributed by atoms with Crippen LogP contribution in [-0.4, -0.2) is 56.4 Å². The molecule has 0 saturated carbocycles. The second-order valence-electron chi connectivity index (χ2n) is 4.72. The molecule has 0 spiro atoms. The molecule has 2 rings (SSSR count). The number of hydrogen-bond donors (Lipinski definition) is 1. The molecule has 1 aliphatic rings. The van der Waals surface area contributed by atoms with Crippen LogP contribution in [0.4, 0.5) is 10.1 Å². The Kier molecular flexibility index (Phi) is 4.99. The molecule has 1 aromatic carbocycles. The third-order valence-corrected chi connectivity index (χ3v) is 3.49. The van der Waals surface area contributed by atoms with Gasteiger partial charge in [-0.05, 0) is 18.6 Å². The van der Waals surface area contributed by atoms with E-state index in [1.807, 2.05) is 0 Å². The van der Waals surface area contributed by atoms with E-state index in [0.717, 1.165) is 44.8 Å². The molecule has 0 atom stereocenters. The number of piperazine rings is 1. The third kappa shape index (κ3) is 3.58. The molecule has 4 nitrogen and oxygen atoms in total. The van der Waals surface area contributed by atoms with Crippen molar-refractivity contribution in [1.82, 2.24) is 4.90 Å². The Labute approximate surface area is 113 Å². The van der Waals surface area contributed by atoms with Gasteiger partial charge in [0.2, 0.25) is 0 Å². The van der Waals surface area contributed by atoms with Crippen molar-refractivity contribution in [2.75, 3.05) is 51.3 Å². The lowest BCUT2D eigenvalue weighted by molar-refractivity contribution is 0.215. The van der Waals surface area contributed by atoms with Gasteiger partial charge in [-0.2, -0.15) is 0 Å². The highest BCUT2D eigenvalue weighted by atomic mass is 19.1. The number of hydrogen-bond acceptors (Lipinski definition) is 4. The lowest BCUT2D eigenvalue weighted by Gasteiger charge is -2.36. The number of benzene rings is 1. The summed E-state index contributed by atoms with van der Waals surface area (Å²) >= 11 is 0. The van der Waals surface area contributed by atoms with E-state index in [9.17, 15) is 4.39 Å². The highest BCUT2D eigenvalue weighted by Crippen LogP contribution is 2.29. The molecule has 19 heavy (non-hydrogen) atoms. The quantitative estimate of drug-likeness (QED) is 0.874. The van der Waals surface area contributed by atoms with Crippen LogP contribution in [0, 0.1) is 5.82 Å². The summed E-state index contributed by atoms with van der Waals surface area (Å²) in [6.45, 7) is 4.72. The van der Waals surface area contributed by atoms with Crippen LogP contribution in [0.1, 0.15) is 6.42 Å². The van der Waals surface area contributed by atoms with Crippen molar-refractivity contribution in [2.45, 2.75) is 6.42 Å². The minimum atomic E-state index is -0.237. The molecular formula is C14H21FN2O2. The molecule has 0 amide bonds. The zero-order chi connectivity index (χ0) is 13.7. The van der Waals surface area contributed by atoms with Crippen LogP contribution in [0.15, 0.2) is 18.2 Å². The van der Waals surface area contributed by atoms with Gasteiger partial charge in [0.05, 0.1) is 12.8 Å². The van der Waals surface area contributed by atoms with Gasteiger partial charge >= 0.3 is 0 Å². The van der Waals surface area contributed by atoms with Crippen LogP contribution in [0.25, 0.3) is 0 Å². The van der Waals surface area contributed by atoms with Crippen LogP contribution in [0.3, 0.4) is 0 Å². The van der Waals surface area contributed by atoms with Crippen molar-refractivity contribution >= 4 is 5.69 Å². The number of ether oxygens (including phenoxy) is 1. The summed E-state index contributed by atoms with van der Waals surface area (Å²) in [6.07, 6.45) is 0.809. The van der Waals surface area contributed by atoms with Gasteiger partial charge in [-0.25, -0.2) is 4.39 Å². The summed E-state index contributed by atoms with van der Waals surface area (Å²) in [6, 6.07) is 4.62. The summed E-state index contributed by atoms with van der Waals surface area (Å²) in [5, 5.41) is 8.83. The predicted molar refractivity (Wildman–Crippen MR) is 73.3 cm³/mol. The predicted octanol–water partition coefficient (Wildman–Crippen LogP) is 1.34. The molecular weight excluding hydrogens is 247 g/mol. The van der Waals surface area contributed by atoms with Gasteiger partial charge in [-0.3, -0.25) is 4.90 Å². The Morgan fingerprint density at radius 1 is 1.26 bits per heavy atom. The lowest BCUT2D eigenvalue weighted by Crippen LogP contribution is -2.46. The summed E-state index contributed by atoms with van der Waals surface area (Å²) in [4.78, 5) is 4.47. The molecule has 1 N–H and O–H groups in total. The fourth-order valence-electron chi connectivity index (χ4n) is 2.42. The first-order valence-electron chi connectivity index (χ1n) is 6.66. The van der Waals surface area contributed by atoms with Crippen LogP contribution < -0.4 is 9.64 Å². The van der Waals surface area contributed by atoms with Crippen molar-refractivity contribution in [1.29, 1.82) is 0 Å². The smallest absolute Gasteiger partial charge is 0.142 e. The first-order valence-corrected chi connectivity index (χ1v) is 6.66. The average Bonchev–Trinajstić information content (AvgIpc) is 2.45. The molecule has 0 radical (unpaired) electrons. The van der Waals surface area contributed by atoms with Crippen LogP contribution in [-0.2, 0) is 0 Å². The number of methoxy groups -OCH3 is 1. The molecule has 1 saturated heterocycles. The molecule has 1 heterocycles. The van der Waals surface area contributed by atoms with Crippen molar-refractivity contribution in [2.24, 2.45) is 0 Å². The lowest BCUT2D eigenvalue weighted by atomic mass is 10.2. The van der Waals surface area contributed by atoms with E-state index in [1.165, 1.54) is 12.1 Å². The molecule has 0 aromatic heterocycles. The summed E-state index contributed by atoms with van der Waals surface area (Å²) < 4.78 is 18.7. The van der Waals surface area contributed by atoms with Gasteiger partial charge in [0, 0.05) is 45.4 Å². The first-order chi connectivity index (χ1) is 9.24. The van der Waals surface area contributed by atoms with Crippen LogP contribution in [0.2, 0.25) is 0 Å². The topological polar surface area (TPSA) is 35.9 Å². The van der Waals surface area contributed by atoms with E-state index in [4.69, 9.17) is 9.84 Å². The van der Waals surface area contributed by atoms with Gasteiger partial charge in [0.25, 0.3) is 0 Å². The highest BCUT2D eigenvalue weighted by molar-refractivity contribution is 5.59. The van der Waals surface area contributed by atoms with E-state index in [1.54, 1.807) is 13.2 Å². The molecule has 0 aliphatic carbocycles. The maximum Gasteiger partial charge on any atom is 0.142 e.